The van der Waals surface area contributed by atoms with Crippen molar-refractivity contribution in [2.24, 2.45) is 17.1 Å². The summed E-state index contributed by atoms with van der Waals surface area (Å²) in [6.45, 7) is 15.1. The van der Waals surface area contributed by atoms with E-state index in [0.717, 1.165) is 31.2 Å². The minimum atomic E-state index is -0.590. The molecule has 3 rings (SSSR count). The van der Waals surface area contributed by atoms with E-state index in [4.69, 9.17) is 15.0 Å². The van der Waals surface area contributed by atoms with E-state index in [1.807, 2.05) is 51.1 Å². The van der Waals surface area contributed by atoms with Crippen LogP contribution in [0, 0.1) is 11.3 Å². The Labute approximate surface area is 190 Å². The maximum absolute atomic E-state index is 12.7. The van der Waals surface area contributed by atoms with Gasteiger partial charge < -0.3 is 20.4 Å². The van der Waals surface area contributed by atoms with Gasteiger partial charge in [0, 0.05) is 0 Å². The monoisotopic (exact) mass is 430 g/mol. The van der Waals surface area contributed by atoms with E-state index >= 15 is 0 Å². The average molecular weight is 430 g/mol. The first-order valence-electron chi connectivity index (χ1n) is 12.1. The van der Waals surface area contributed by atoms with Crippen LogP contribution in [0.1, 0.15) is 79.7 Å². The van der Waals surface area contributed by atoms with Crippen molar-refractivity contribution < 1.29 is 14.1 Å². The lowest BCUT2D eigenvalue weighted by molar-refractivity contribution is -0.122. The van der Waals surface area contributed by atoms with Gasteiger partial charge in [-0.2, -0.15) is 0 Å². The molecule has 5 atom stereocenters. The lowest BCUT2D eigenvalue weighted by Gasteiger charge is -2.51. The summed E-state index contributed by atoms with van der Waals surface area (Å²) in [5.41, 5.74) is 7.15. The summed E-state index contributed by atoms with van der Waals surface area (Å²) >= 11 is 0. The normalized spacial score (nSPS) is 28.7. The van der Waals surface area contributed by atoms with Gasteiger partial charge in [-0.05, 0) is 49.5 Å². The highest BCUT2D eigenvalue weighted by atomic mass is 16.7. The predicted octanol–water partition coefficient (Wildman–Crippen LogP) is 4.53. The number of nitrogens with one attached hydrogen (secondary N) is 1. The fourth-order valence-electron chi connectivity index (χ4n) is 5.51. The average Bonchev–Trinajstić information content (AvgIpc) is 3.10. The van der Waals surface area contributed by atoms with Gasteiger partial charge in [0.05, 0.1) is 23.7 Å². The number of amides is 1. The molecule has 1 aromatic carbocycles. The molecule has 1 aliphatic carbocycles. The van der Waals surface area contributed by atoms with Crippen molar-refractivity contribution in [3.05, 3.63) is 35.9 Å². The van der Waals surface area contributed by atoms with E-state index in [1.54, 1.807) is 0 Å². The third-order valence-electron chi connectivity index (χ3n) is 7.13. The predicted molar refractivity (Wildman–Crippen MR) is 129 cm³/mol. The molecule has 4 unspecified atom stereocenters. The van der Waals surface area contributed by atoms with Crippen LogP contribution < -0.4 is 11.1 Å². The van der Waals surface area contributed by atoms with E-state index in [1.165, 1.54) is 0 Å². The van der Waals surface area contributed by atoms with Crippen LogP contribution in [0.25, 0.3) is 0 Å². The Balaban J connectivity index is 0.00000166. The molecule has 0 aromatic heterocycles. The quantitative estimate of drug-likeness (QED) is 0.624. The molecule has 1 amide bonds. The fourth-order valence-corrected chi connectivity index (χ4v) is 5.51. The minimum absolute atomic E-state index is 0.0782. The lowest BCUT2D eigenvalue weighted by Crippen LogP contribution is -2.55. The Hall–Kier alpha value is -1.37. The maximum atomic E-state index is 12.7. The fraction of sp³-hybridized carbons (Fsp3) is 0.720. The van der Waals surface area contributed by atoms with Crippen molar-refractivity contribution in [2.75, 3.05) is 0 Å². The van der Waals surface area contributed by atoms with Gasteiger partial charge in [0.25, 0.3) is 0 Å². The second-order valence-corrected chi connectivity index (χ2v) is 9.60. The summed E-state index contributed by atoms with van der Waals surface area (Å²) in [4.78, 5) is 12.7. The van der Waals surface area contributed by atoms with E-state index in [2.05, 4.69) is 33.0 Å². The maximum Gasteiger partial charge on any atom is 0.481 e. The minimum Gasteiger partial charge on any atom is -0.404 e. The van der Waals surface area contributed by atoms with Crippen LogP contribution in [-0.4, -0.2) is 36.7 Å². The van der Waals surface area contributed by atoms with Crippen molar-refractivity contribution in [2.45, 2.75) is 104 Å². The summed E-state index contributed by atoms with van der Waals surface area (Å²) in [6.07, 6.45) is 4.51. The molecular formula is C25H43BN2O3. The SMILES string of the molecule is CC.CCC(NC(=O)[C@@H](N)Cc1ccccc1)B1OC2CCC(C)(C)C(CC)C2(C)O1. The smallest absolute Gasteiger partial charge is 0.404 e. The molecule has 1 aromatic rings. The molecule has 0 radical (unpaired) electrons. The molecule has 1 saturated heterocycles. The third-order valence-corrected chi connectivity index (χ3v) is 7.13. The highest BCUT2D eigenvalue weighted by Crippen LogP contribution is 2.53. The van der Waals surface area contributed by atoms with Crippen LogP contribution in [0.3, 0.4) is 0 Å². The summed E-state index contributed by atoms with van der Waals surface area (Å²) < 4.78 is 12.9. The van der Waals surface area contributed by atoms with Crippen LogP contribution >= 0.6 is 0 Å². The first-order valence-corrected chi connectivity index (χ1v) is 12.1. The Kier molecular flexibility index (Phi) is 9.17. The molecule has 0 bridgehead atoms. The topological polar surface area (TPSA) is 73.6 Å². The molecule has 2 fully saturated rings. The molecule has 6 heteroatoms. The molecule has 174 valence electrons. The standard InChI is InChI=1S/C23H37BN2O3.C2H6/c1-6-18-22(3,4)14-13-19-23(18,5)29-24(28-19)20(7-2)26-21(27)17(25)15-16-11-9-8-10-12-16;1-2/h8-12,17-20H,6-7,13-15,25H2,1-5H3,(H,26,27);1-2H3/t17-,18?,19?,20?,23?;/m0./s1. The van der Waals surface area contributed by atoms with Crippen LogP contribution in [0.15, 0.2) is 30.3 Å². The molecule has 2 aliphatic rings. The van der Waals surface area contributed by atoms with Crippen LogP contribution in [-0.2, 0) is 20.5 Å². The van der Waals surface area contributed by atoms with Gasteiger partial charge in [-0.15, -0.1) is 0 Å². The van der Waals surface area contributed by atoms with E-state index in [9.17, 15) is 4.79 Å². The largest absolute Gasteiger partial charge is 0.481 e. The number of carbonyl (C=O) groups excluding carboxylic acids is 1. The molecule has 1 saturated carbocycles. The number of carbonyl (C=O) groups is 1. The second-order valence-electron chi connectivity index (χ2n) is 9.60. The highest BCUT2D eigenvalue weighted by molar-refractivity contribution is 6.47. The number of fused-ring (bicyclic) bond motifs is 1. The molecule has 1 aliphatic heterocycles. The van der Waals surface area contributed by atoms with Gasteiger partial charge in [-0.1, -0.05) is 78.3 Å². The lowest BCUT2D eigenvalue weighted by atomic mass is 9.60. The van der Waals surface area contributed by atoms with Crippen molar-refractivity contribution >= 4 is 13.0 Å². The number of benzene rings is 1. The molecular weight excluding hydrogens is 387 g/mol. The Morgan fingerprint density at radius 2 is 1.87 bits per heavy atom. The van der Waals surface area contributed by atoms with E-state index in [-0.39, 0.29) is 29.0 Å². The van der Waals surface area contributed by atoms with Crippen molar-refractivity contribution in [1.82, 2.24) is 5.32 Å². The molecule has 5 nitrogen and oxygen atoms in total. The van der Waals surface area contributed by atoms with Gasteiger partial charge in [0.1, 0.15) is 0 Å². The highest BCUT2D eigenvalue weighted by Gasteiger charge is 2.59. The number of rotatable bonds is 7. The van der Waals surface area contributed by atoms with Gasteiger partial charge in [-0.25, -0.2) is 0 Å². The van der Waals surface area contributed by atoms with E-state index in [0.29, 0.717) is 12.3 Å². The first-order chi connectivity index (χ1) is 14.7. The molecule has 31 heavy (non-hydrogen) atoms. The summed E-state index contributed by atoms with van der Waals surface area (Å²) in [6, 6.07) is 9.28. The number of hydrogen-bond donors (Lipinski definition) is 2. The van der Waals surface area contributed by atoms with Crippen LogP contribution in [0.5, 0.6) is 0 Å². The van der Waals surface area contributed by atoms with Gasteiger partial charge in [0.2, 0.25) is 5.91 Å². The van der Waals surface area contributed by atoms with Gasteiger partial charge in [-0.3, -0.25) is 4.79 Å². The number of nitrogens with two attached hydrogens (primary N) is 1. The zero-order chi connectivity index (χ0) is 23.2. The summed E-state index contributed by atoms with van der Waals surface area (Å²) in [5, 5.41) is 3.10. The summed E-state index contributed by atoms with van der Waals surface area (Å²) in [5.74, 6) is 0.0694. The first kappa shape index (κ1) is 25.9. The Bertz CT molecular complexity index is 699. The Morgan fingerprint density at radius 1 is 1.23 bits per heavy atom. The van der Waals surface area contributed by atoms with Crippen molar-refractivity contribution in [3.8, 4) is 0 Å². The summed E-state index contributed by atoms with van der Waals surface area (Å²) in [7, 11) is -0.425. The third kappa shape index (κ3) is 5.71. The van der Waals surface area contributed by atoms with Crippen molar-refractivity contribution in [1.29, 1.82) is 0 Å². The number of hydrogen-bond acceptors (Lipinski definition) is 4. The van der Waals surface area contributed by atoms with Crippen LogP contribution in [0.2, 0.25) is 0 Å². The van der Waals surface area contributed by atoms with Gasteiger partial charge in [0.15, 0.2) is 0 Å². The van der Waals surface area contributed by atoms with Crippen LogP contribution in [0.4, 0.5) is 0 Å². The van der Waals surface area contributed by atoms with Crippen molar-refractivity contribution in [3.63, 3.8) is 0 Å². The zero-order valence-electron chi connectivity index (χ0n) is 20.6. The molecule has 3 N–H and O–H groups in total. The molecule has 0 spiro atoms. The van der Waals surface area contributed by atoms with E-state index < -0.39 is 13.2 Å². The second kappa shape index (κ2) is 11.0. The van der Waals surface area contributed by atoms with Gasteiger partial charge >= 0.3 is 7.12 Å². The Morgan fingerprint density at radius 3 is 2.45 bits per heavy atom. The molecule has 1 heterocycles. The zero-order valence-corrected chi connectivity index (χ0v) is 20.6.